The van der Waals surface area contributed by atoms with Crippen LogP contribution >= 0.6 is 0 Å². The molecule has 1 amide bonds. The molecule has 2 rings (SSSR count). The van der Waals surface area contributed by atoms with E-state index in [9.17, 15) is 9.59 Å². The molecule has 0 aromatic heterocycles. The highest BCUT2D eigenvalue weighted by molar-refractivity contribution is 5.98. The van der Waals surface area contributed by atoms with E-state index in [1.165, 1.54) is 0 Å². The monoisotopic (exact) mass is 205 g/mol. The Kier molecular flexibility index (Phi) is 2.41. The fourth-order valence-corrected chi connectivity index (χ4v) is 1.33. The van der Waals surface area contributed by atoms with Crippen LogP contribution in [0.1, 0.15) is 33.6 Å². The first kappa shape index (κ1) is 9.71. The highest BCUT2D eigenvalue weighted by Gasteiger charge is 2.26. The average Bonchev–Trinajstić information content (AvgIpc) is 3.01. The van der Waals surface area contributed by atoms with E-state index in [1.54, 1.807) is 18.2 Å². The molecule has 0 spiro atoms. The number of nitrogens with two attached hydrogens (primary N) is 1. The first-order valence-electron chi connectivity index (χ1n) is 4.77. The van der Waals surface area contributed by atoms with E-state index in [0.717, 1.165) is 12.8 Å². The number of hydrogen-bond donors (Lipinski definition) is 1. The Bertz CT molecular complexity index is 410. The van der Waals surface area contributed by atoms with Gasteiger partial charge in [-0.3, -0.25) is 9.59 Å². The molecule has 0 heterocycles. The summed E-state index contributed by atoms with van der Waals surface area (Å²) in [5.41, 5.74) is 5.84. The molecular formula is C11H11NO3. The number of para-hydroxylation sites is 1. The number of carbonyl (C=O) groups is 2. The molecular weight excluding hydrogens is 194 g/mol. The van der Waals surface area contributed by atoms with E-state index >= 15 is 0 Å². The van der Waals surface area contributed by atoms with Crippen LogP contribution < -0.4 is 10.5 Å². The quantitative estimate of drug-likeness (QED) is 0.749. The normalized spacial score (nSPS) is 14.7. The van der Waals surface area contributed by atoms with Gasteiger partial charge >= 0.3 is 0 Å². The van der Waals surface area contributed by atoms with Gasteiger partial charge in [0.25, 0.3) is 5.91 Å². The lowest BCUT2D eigenvalue weighted by molar-refractivity contribution is 0.0996. The van der Waals surface area contributed by atoms with Crippen LogP contribution in [-0.4, -0.2) is 18.3 Å². The molecule has 1 fully saturated rings. The maximum atomic E-state index is 11.1. The van der Waals surface area contributed by atoms with Crippen LogP contribution in [0.15, 0.2) is 18.2 Å². The Labute approximate surface area is 87.0 Å². The highest BCUT2D eigenvalue weighted by atomic mass is 16.5. The van der Waals surface area contributed by atoms with Gasteiger partial charge in [0.15, 0.2) is 6.29 Å². The first-order chi connectivity index (χ1) is 7.22. The third-order valence-electron chi connectivity index (χ3n) is 2.25. The van der Waals surface area contributed by atoms with Crippen molar-refractivity contribution in [2.45, 2.75) is 18.9 Å². The number of hydrogen-bond acceptors (Lipinski definition) is 3. The lowest BCUT2D eigenvalue weighted by atomic mass is 10.1. The zero-order chi connectivity index (χ0) is 10.8. The standard InChI is InChI=1S/C11H11NO3/c12-11(14)9-3-1-2-7(6-13)10(9)15-8-4-5-8/h1-3,6,8H,4-5H2,(H2,12,14). The van der Waals surface area contributed by atoms with Crippen LogP contribution in [0.4, 0.5) is 0 Å². The molecule has 0 bridgehead atoms. The van der Waals surface area contributed by atoms with Crippen molar-refractivity contribution >= 4 is 12.2 Å². The van der Waals surface area contributed by atoms with Crippen LogP contribution in [0.25, 0.3) is 0 Å². The van der Waals surface area contributed by atoms with Gasteiger partial charge in [-0.05, 0) is 25.0 Å². The van der Waals surface area contributed by atoms with Crippen molar-refractivity contribution in [2.24, 2.45) is 5.73 Å². The predicted octanol–water partition coefficient (Wildman–Crippen LogP) is 1.14. The molecule has 0 atom stereocenters. The SMILES string of the molecule is NC(=O)c1cccc(C=O)c1OC1CC1. The smallest absolute Gasteiger partial charge is 0.252 e. The molecule has 1 aliphatic carbocycles. The van der Waals surface area contributed by atoms with E-state index in [4.69, 9.17) is 10.5 Å². The summed E-state index contributed by atoms with van der Waals surface area (Å²) in [6.45, 7) is 0. The first-order valence-corrected chi connectivity index (χ1v) is 4.77. The van der Waals surface area contributed by atoms with Crippen molar-refractivity contribution < 1.29 is 14.3 Å². The van der Waals surface area contributed by atoms with E-state index < -0.39 is 5.91 Å². The number of primary amides is 1. The molecule has 0 aliphatic heterocycles. The molecule has 4 nitrogen and oxygen atoms in total. The summed E-state index contributed by atoms with van der Waals surface area (Å²) in [6, 6.07) is 4.79. The number of amides is 1. The van der Waals surface area contributed by atoms with Crippen molar-refractivity contribution in [3.05, 3.63) is 29.3 Å². The van der Waals surface area contributed by atoms with E-state index in [0.29, 0.717) is 17.6 Å². The Morgan fingerprint density at radius 1 is 1.47 bits per heavy atom. The maximum Gasteiger partial charge on any atom is 0.252 e. The fourth-order valence-electron chi connectivity index (χ4n) is 1.33. The summed E-state index contributed by atoms with van der Waals surface area (Å²) in [4.78, 5) is 21.9. The number of benzene rings is 1. The summed E-state index contributed by atoms with van der Waals surface area (Å²) < 4.78 is 5.51. The van der Waals surface area contributed by atoms with E-state index in [1.807, 2.05) is 0 Å². The Morgan fingerprint density at radius 2 is 2.20 bits per heavy atom. The third-order valence-corrected chi connectivity index (χ3v) is 2.25. The minimum atomic E-state index is -0.575. The van der Waals surface area contributed by atoms with Gasteiger partial charge in [0.05, 0.1) is 17.2 Å². The van der Waals surface area contributed by atoms with Crippen LogP contribution in [0.3, 0.4) is 0 Å². The summed E-state index contributed by atoms with van der Waals surface area (Å²) in [5, 5.41) is 0. The molecule has 78 valence electrons. The zero-order valence-corrected chi connectivity index (χ0v) is 8.10. The van der Waals surface area contributed by atoms with Crippen molar-refractivity contribution in [1.29, 1.82) is 0 Å². The van der Waals surface area contributed by atoms with Gasteiger partial charge in [-0.15, -0.1) is 0 Å². The third kappa shape index (κ3) is 1.98. The number of ether oxygens (including phenoxy) is 1. The Morgan fingerprint density at radius 3 is 2.73 bits per heavy atom. The Balaban J connectivity index is 2.42. The summed E-state index contributed by atoms with van der Waals surface area (Å²) in [6.07, 6.45) is 2.73. The average molecular weight is 205 g/mol. The topological polar surface area (TPSA) is 69.4 Å². The molecule has 1 aromatic carbocycles. The zero-order valence-electron chi connectivity index (χ0n) is 8.10. The molecule has 1 aliphatic rings. The van der Waals surface area contributed by atoms with Crippen LogP contribution in [0.5, 0.6) is 5.75 Å². The number of aldehydes is 1. The summed E-state index contributed by atoms with van der Waals surface area (Å²) in [7, 11) is 0. The van der Waals surface area contributed by atoms with Gasteiger partial charge in [-0.1, -0.05) is 6.07 Å². The lowest BCUT2D eigenvalue weighted by Gasteiger charge is -2.10. The van der Waals surface area contributed by atoms with Gasteiger partial charge in [-0.25, -0.2) is 0 Å². The van der Waals surface area contributed by atoms with Crippen LogP contribution in [0.2, 0.25) is 0 Å². The lowest BCUT2D eigenvalue weighted by Crippen LogP contribution is -2.14. The van der Waals surface area contributed by atoms with Crippen molar-refractivity contribution in [1.82, 2.24) is 0 Å². The highest BCUT2D eigenvalue weighted by Crippen LogP contribution is 2.31. The largest absolute Gasteiger partial charge is 0.489 e. The molecule has 15 heavy (non-hydrogen) atoms. The van der Waals surface area contributed by atoms with Crippen molar-refractivity contribution in [3.8, 4) is 5.75 Å². The maximum absolute atomic E-state index is 11.1. The number of rotatable bonds is 4. The van der Waals surface area contributed by atoms with Gasteiger partial charge in [0.1, 0.15) is 5.75 Å². The second kappa shape index (κ2) is 3.73. The molecule has 4 heteroatoms. The van der Waals surface area contributed by atoms with Crippen molar-refractivity contribution in [2.75, 3.05) is 0 Å². The van der Waals surface area contributed by atoms with E-state index in [-0.39, 0.29) is 11.7 Å². The van der Waals surface area contributed by atoms with Crippen LogP contribution in [0, 0.1) is 0 Å². The van der Waals surface area contributed by atoms with Crippen molar-refractivity contribution in [3.63, 3.8) is 0 Å². The molecule has 1 aromatic rings. The van der Waals surface area contributed by atoms with E-state index in [2.05, 4.69) is 0 Å². The fraction of sp³-hybridized carbons (Fsp3) is 0.273. The minimum Gasteiger partial charge on any atom is -0.489 e. The molecule has 0 saturated heterocycles. The molecule has 2 N–H and O–H groups in total. The number of carbonyl (C=O) groups excluding carboxylic acids is 2. The second-order valence-corrected chi connectivity index (χ2v) is 3.52. The second-order valence-electron chi connectivity index (χ2n) is 3.52. The van der Waals surface area contributed by atoms with Gasteiger partial charge < -0.3 is 10.5 Å². The van der Waals surface area contributed by atoms with Crippen LogP contribution in [-0.2, 0) is 0 Å². The summed E-state index contributed by atoms with van der Waals surface area (Å²) in [5.74, 6) is -0.253. The molecule has 0 radical (unpaired) electrons. The van der Waals surface area contributed by atoms with Gasteiger partial charge in [-0.2, -0.15) is 0 Å². The molecule has 1 saturated carbocycles. The van der Waals surface area contributed by atoms with Gasteiger partial charge in [0, 0.05) is 0 Å². The predicted molar refractivity (Wildman–Crippen MR) is 54.0 cm³/mol. The minimum absolute atomic E-state index is 0.129. The van der Waals surface area contributed by atoms with Gasteiger partial charge in [0.2, 0.25) is 0 Å². The Hall–Kier alpha value is -1.84. The molecule has 0 unspecified atom stereocenters. The summed E-state index contributed by atoms with van der Waals surface area (Å²) >= 11 is 0.